The van der Waals surface area contributed by atoms with Gasteiger partial charge < -0.3 is 10.2 Å². The van der Waals surface area contributed by atoms with E-state index in [-0.39, 0.29) is 30.1 Å². The van der Waals surface area contributed by atoms with Gasteiger partial charge in [-0.2, -0.15) is 0 Å². The number of likely N-dealkylation sites (tertiary alicyclic amines) is 1. The zero-order chi connectivity index (χ0) is 19.6. The molecule has 1 aromatic heterocycles. The maximum atomic E-state index is 12.5. The van der Waals surface area contributed by atoms with Crippen LogP contribution in [0.25, 0.3) is 11.0 Å². The van der Waals surface area contributed by atoms with Crippen LogP contribution in [-0.2, 0) is 23.2 Å². The lowest BCUT2D eigenvalue weighted by molar-refractivity contribution is -0.133. The summed E-state index contributed by atoms with van der Waals surface area (Å²) in [5, 5.41) is 3.02. The Bertz CT molecular complexity index is 888. The number of nitrogens with one attached hydrogen (secondary N) is 1. The molecule has 27 heavy (non-hydrogen) atoms. The zero-order valence-electron chi connectivity index (χ0n) is 16.3. The number of amides is 2. The number of carbonyl (C=O) groups excluding carboxylic acids is 2. The van der Waals surface area contributed by atoms with E-state index in [4.69, 9.17) is 0 Å². The molecule has 0 spiro atoms. The molecule has 1 aliphatic heterocycles. The van der Waals surface area contributed by atoms with Crippen LogP contribution in [0.15, 0.2) is 29.1 Å². The van der Waals surface area contributed by atoms with Gasteiger partial charge in [0.2, 0.25) is 11.8 Å². The smallest absolute Gasteiger partial charge is 0.329 e. The van der Waals surface area contributed by atoms with Gasteiger partial charge in [-0.1, -0.05) is 26.0 Å². The minimum atomic E-state index is -0.194. The van der Waals surface area contributed by atoms with Gasteiger partial charge in [0.1, 0.15) is 6.54 Å². The van der Waals surface area contributed by atoms with Gasteiger partial charge in [-0.25, -0.2) is 4.79 Å². The molecule has 1 N–H and O–H groups in total. The molecule has 3 rings (SSSR count). The zero-order valence-corrected chi connectivity index (χ0v) is 16.3. The first kappa shape index (κ1) is 19.2. The predicted molar refractivity (Wildman–Crippen MR) is 104 cm³/mol. The fourth-order valence-corrected chi connectivity index (χ4v) is 3.68. The van der Waals surface area contributed by atoms with Gasteiger partial charge in [-0.15, -0.1) is 0 Å². The third-order valence-electron chi connectivity index (χ3n) is 5.15. The van der Waals surface area contributed by atoms with Crippen LogP contribution in [0.3, 0.4) is 0 Å². The highest BCUT2D eigenvalue weighted by molar-refractivity contribution is 5.81. The van der Waals surface area contributed by atoms with Crippen molar-refractivity contribution in [3.8, 4) is 0 Å². The SMILES string of the molecule is CC(C)CC(=O)N1CCC(NC(=O)Cn2c(=O)n(C)c3ccccc32)CC1. The van der Waals surface area contributed by atoms with Gasteiger partial charge in [-0.3, -0.25) is 18.7 Å². The molecular formula is C20H28N4O3. The number of carbonyl (C=O) groups is 2. The molecule has 0 radical (unpaired) electrons. The van der Waals surface area contributed by atoms with Gasteiger partial charge in [0, 0.05) is 32.6 Å². The summed E-state index contributed by atoms with van der Waals surface area (Å²) in [4.78, 5) is 38.9. The van der Waals surface area contributed by atoms with Crippen LogP contribution in [0.4, 0.5) is 0 Å². The molecule has 1 saturated heterocycles. The number of benzene rings is 1. The van der Waals surface area contributed by atoms with Crippen LogP contribution in [0, 0.1) is 5.92 Å². The summed E-state index contributed by atoms with van der Waals surface area (Å²) < 4.78 is 3.06. The van der Waals surface area contributed by atoms with E-state index >= 15 is 0 Å². The van der Waals surface area contributed by atoms with Crippen molar-refractivity contribution >= 4 is 22.8 Å². The molecule has 1 aliphatic rings. The average molecular weight is 372 g/mol. The topological polar surface area (TPSA) is 76.3 Å². The normalized spacial score (nSPS) is 15.5. The minimum Gasteiger partial charge on any atom is -0.352 e. The third kappa shape index (κ3) is 4.23. The van der Waals surface area contributed by atoms with E-state index in [1.807, 2.05) is 43.0 Å². The number of fused-ring (bicyclic) bond motifs is 1. The van der Waals surface area contributed by atoms with Crippen molar-refractivity contribution in [3.63, 3.8) is 0 Å². The van der Waals surface area contributed by atoms with E-state index in [1.165, 1.54) is 4.57 Å². The predicted octanol–water partition coefficient (Wildman–Crippen LogP) is 1.49. The van der Waals surface area contributed by atoms with Gasteiger partial charge in [0.25, 0.3) is 0 Å². The number of aromatic nitrogens is 2. The average Bonchev–Trinajstić information content (AvgIpc) is 2.87. The van der Waals surface area contributed by atoms with Crippen molar-refractivity contribution in [2.45, 2.75) is 45.7 Å². The molecule has 0 atom stereocenters. The highest BCUT2D eigenvalue weighted by Crippen LogP contribution is 2.14. The van der Waals surface area contributed by atoms with Crippen LogP contribution in [0.2, 0.25) is 0 Å². The van der Waals surface area contributed by atoms with Crippen molar-refractivity contribution < 1.29 is 9.59 Å². The Kier molecular flexibility index (Phi) is 5.68. The van der Waals surface area contributed by atoms with Gasteiger partial charge in [0.05, 0.1) is 11.0 Å². The molecule has 1 aromatic carbocycles. The fraction of sp³-hybridized carbons (Fsp3) is 0.550. The van der Waals surface area contributed by atoms with E-state index in [0.29, 0.717) is 25.4 Å². The quantitative estimate of drug-likeness (QED) is 0.864. The first-order valence-corrected chi connectivity index (χ1v) is 9.58. The number of rotatable bonds is 5. The number of hydrogen-bond donors (Lipinski definition) is 1. The molecule has 0 bridgehead atoms. The Morgan fingerprint density at radius 3 is 2.41 bits per heavy atom. The van der Waals surface area contributed by atoms with Gasteiger partial charge >= 0.3 is 5.69 Å². The molecular weight excluding hydrogens is 344 g/mol. The van der Waals surface area contributed by atoms with E-state index < -0.39 is 0 Å². The Morgan fingerprint density at radius 1 is 1.15 bits per heavy atom. The second kappa shape index (κ2) is 7.98. The molecule has 2 aromatic rings. The van der Waals surface area contributed by atoms with E-state index in [2.05, 4.69) is 5.32 Å². The Balaban J connectivity index is 1.58. The molecule has 7 heteroatoms. The maximum absolute atomic E-state index is 12.5. The first-order chi connectivity index (χ1) is 12.9. The number of piperidine rings is 1. The van der Waals surface area contributed by atoms with Crippen LogP contribution >= 0.6 is 0 Å². The van der Waals surface area contributed by atoms with Crippen LogP contribution in [0.5, 0.6) is 0 Å². The molecule has 0 aliphatic carbocycles. The fourth-order valence-electron chi connectivity index (χ4n) is 3.68. The second-order valence-electron chi connectivity index (χ2n) is 7.74. The van der Waals surface area contributed by atoms with Crippen molar-refractivity contribution in [2.24, 2.45) is 13.0 Å². The second-order valence-corrected chi connectivity index (χ2v) is 7.74. The Hall–Kier alpha value is -2.57. The van der Waals surface area contributed by atoms with Gasteiger partial charge in [0.15, 0.2) is 0 Å². The Morgan fingerprint density at radius 2 is 1.78 bits per heavy atom. The van der Waals surface area contributed by atoms with Crippen molar-refractivity contribution in [1.29, 1.82) is 0 Å². The molecule has 0 saturated carbocycles. The Labute approximate surface area is 158 Å². The van der Waals surface area contributed by atoms with Crippen molar-refractivity contribution in [3.05, 3.63) is 34.7 Å². The first-order valence-electron chi connectivity index (χ1n) is 9.58. The summed E-state index contributed by atoms with van der Waals surface area (Å²) in [6.07, 6.45) is 2.07. The summed E-state index contributed by atoms with van der Waals surface area (Å²) in [6.45, 7) is 5.43. The summed E-state index contributed by atoms with van der Waals surface area (Å²) >= 11 is 0. The van der Waals surface area contributed by atoms with Crippen molar-refractivity contribution in [2.75, 3.05) is 13.1 Å². The lowest BCUT2D eigenvalue weighted by Crippen LogP contribution is -2.47. The van der Waals surface area contributed by atoms with Crippen LogP contribution < -0.4 is 11.0 Å². The molecule has 2 heterocycles. The number of hydrogen-bond acceptors (Lipinski definition) is 3. The highest BCUT2D eigenvalue weighted by atomic mass is 16.2. The third-order valence-corrected chi connectivity index (χ3v) is 5.15. The largest absolute Gasteiger partial charge is 0.352 e. The molecule has 0 unspecified atom stereocenters. The van der Waals surface area contributed by atoms with Gasteiger partial charge in [-0.05, 0) is 30.9 Å². The van der Waals surface area contributed by atoms with E-state index in [1.54, 1.807) is 11.6 Å². The summed E-state index contributed by atoms with van der Waals surface area (Å²) in [7, 11) is 1.71. The standard InChI is InChI=1S/C20H28N4O3/c1-14(2)12-19(26)23-10-8-15(9-11-23)21-18(25)13-24-17-7-5-4-6-16(17)22(3)20(24)27/h4-7,14-15H,8-13H2,1-3H3,(H,21,25). The summed E-state index contributed by atoms with van der Waals surface area (Å²) in [5.74, 6) is 0.381. The maximum Gasteiger partial charge on any atom is 0.329 e. The lowest BCUT2D eigenvalue weighted by atomic mass is 10.0. The molecule has 146 valence electrons. The monoisotopic (exact) mass is 372 g/mol. The number of aryl methyl sites for hydroxylation is 1. The van der Waals surface area contributed by atoms with Crippen molar-refractivity contribution in [1.82, 2.24) is 19.4 Å². The molecule has 7 nitrogen and oxygen atoms in total. The number of imidazole rings is 1. The molecule has 2 amide bonds. The van der Waals surface area contributed by atoms with E-state index in [0.717, 1.165) is 23.9 Å². The molecule has 1 fully saturated rings. The number of para-hydroxylation sites is 2. The minimum absolute atomic E-state index is 0.00663. The highest BCUT2D eigenvalue weighted by Gasteiger charge is 2.24. The summed E-state index contributed by atoms with van der Waals surface area (Å²) in [5.41, 5.74) is 1.38. The lowest BCUT2D eigenvalue weighted by Gasteiger charge is -2.32. The van der Waals surface area contributed by atoms with E-state index in [9.17, 15) is 14.4 Å². The van der Waals surface area contributed by atoms with Crippen LogP contribution in [0.1, 0.15) is 33.1 Å². The van der Waals surface area contributed by atoms with Crippen LogP contribution in [-0.4, -0.2) is 45.0 Å². The summed E-state index contributed by atoms with van der Waals surface area (Å²) in [6, 6.07) is 7.50. The number of nitrogens with zero attached hydrogens (tertiary/aromatic N) is 3.